The molecule has 0 aliphatic rings. The summed E-state index contributed by atoms with van der Waals surface area (Å²) in [7, 11) is 0. The number of hydrogen-bond acceptors (Lipinski definition) is 5. The molecule has 0 fully saturated rings. The SMILES string of the molecule is C=C(O)N(CC)C/C(C)=N/C(I)=N\C(N)=C\N. The van der Waals surface area contributed by atoms with Gasteiger partial charge in [-0.2, -0.15) is 0 Å². The lowest BCUT2D eigenvalue weighted by Crippen LogP contribution is -2.27. The first kappa shape index (κ1) is 15.8. The summed E-state index contributed by atoms with van der Waals surface area (Å²) in [6, 6.07) is 0. The fraction of sp³-hybridized carbons (Fsp3) is 0.400. The van der Waals surface area contributed by atoms with Crippen LogP contribution in [0.25, 0.3) is 0 Å². The molecule has 0 spiro atoms. The summed E-state index contributed by atoms with van der Waals surface area (Å²) in [4.78, 5) is 9.84. The van der Waals surface area contributed by atoms with E-state index < -0.39 is 0 Å². The predicted octanol–water partition coefficient (Wildman–Crippen LogP) is 1.31. The largest absolute Gasteiger partial charge is 0.495 e. The molecule has 0 aromatic heterocycles. The molecular weight excluding hydrogens is 333 g/mol. The normalized spacial score (nSPS) is 13.7. The lowest BCUT2D eigenvalue weighted by atomic mass is 10.4. The third-order valence-corrected chi connectivity index (χ3v) is 2.32. The van der Waals surface area contributed by atoms with Gasteiger partial charge in [0.2, 0.25) is 0 Å². The molecule has 0 aliphatic carbocycles. The van der Waals surface area contributed by atoms with Crippen LogP contribution in [0.3, 0.4) is 0 Å². The van der Waals surface area contributed by atoms with E-state index in [9.17, 15) is 5.11 Å². The molecular formula is C10H18IN5O. The van der Waals surface area contributed by atoms with Crippen LogP contribution in [-0.2, 0) is 0 Å². The minimum Gasteiger partial charge on any atom is -0.495 e. The molecule has 0 unspecified atom stereocenters. The summed E-state index contributed by atoms with van der Waals surface area (Å²) < 4.78 is 0.485. The van der Waals surface area contributed by atoms with Crippen molar-refractivity contribution >= 4 is 32.1 Å². The van der Waals surface area contributed by atoms with E-state index in [-0.39, 0.29) is 11.7 Å². The summed E-state index contributed by atoms with van der Waals surface area (Å²) in [5.41, 5.74) is 11.4. The Hall–Kier alpha value is -1.25. The summed E-state index contributed by atoms with van der Waals surface area (Å²) in [5, 5.41) is 9.28. The second kappa shape index (κ2) is 7.93. The number of aliphatic hydroxyl groups is 1. The minimum absolute atomic E-state index is 0.0235. The highest BCUT2D eigenvalue weighted by Crippen LogP contribution is 2.01. The maximum absolute atomic E-state index is 9.28. The van der Waals surface area contributed by atoms with Crippen molar-refractivity contribution in [2.24, 2.45) is 21.5 Å². The third-order valence-electron chi connectivity index (χ3n) is 1.84. The van der Waals surface area contributed by atoms with E-state index in [1.54, 1.807) is 4.90 Å². The Morgan fingerprint density at radius 1 is 1.53 bits per heavy atom. The number of rotatable bonds is 5. The predicted molar refractivity (Wildman–Crippen MR) is 80.0 cm³/mol. The van der Waals surface area contributed by atoms with Gasteiger partial charge in [0, 0.05) is 41.0 Å². The van der Waals surface area contributed by atoms with E-state index in [4.69, 9.17) is 11.5 Å². The maximum atomic E-state index is 9.28. The zero-order valence-electron chi connectivity index (χ0n) is 10.0. The van der Waals surface area contributed by atoms with Crippen molar-refractivity contribution in [1.29, 1.82) is 0 Å². The van der Waals surface area contributed by atoms with Gasteiger partial charge in [0.15, 0.2) is 9.73 Å². The Morgan fingerprint density at radius 2 is 2.12 bits per heavy atom. The number of nitrogens with two attached hydrogens (primary N) is 2. The van der Waals surface area contributed by atoms with Gasteiger partial charge in [-0.15, -0.1) is 0 Å². The first-order chi connectivity index (χ1) is 7.90. The van der Waals surface area contributed by atoms with Crippen molar-refractivity contribution in [2.45, 2.75) is 13.8 Å². The van der Waals surface area contributed by atoms with Crippen LogP contribution in [0.4, 0.5) is 0 Å². The van der Waals surface area contributed by atoms with Crippen molar-refractivity contribution in [1.82, 2.24) is 4.90 Å². The van der Waals surface area contributed by atoms with Crippen molar-refractivity contribution in [3.8, 4) is 0 Å². The first-order valence-electron chi connectivity index (χ1n) is 4.99. The Kier molecular flexibility index (Phi) is 7.35. The molecule has 0 aliphatic heterocycles. The van der Waals surface area contributed by atoms with Crippen LogP contribution in [0, 0.1) is 0 Å². The molecule has 17 heavy (non-hydrogen) atoms. The molecule has 96 valence electrons. The number of hydrogen-bond donors (Lipinski definition) is 3. The van der Waals surface area contributed by atoms with Crippen molar-refractivity contribution in [3.05, 3.63) is 24.5 Å². The highest BCUT2D eigenvalue weighted by Gasteiger charge is 2.05. The van der Waals surface area contributed by atoms with E-state index in [1.165, 1.54) is 6.20 Å². The molecule has 0 aromatic rings. The van der Waals surface area contributed by atoms with Gasteiger partial charge in [-0.25, -0.2) is 9.98 Å². The van der Waals surface area contributed by atoms with Crippen molar-refractivity contribution in [2.75, 3.05) is 13.1 Å². The van der Waals surface area contributed by atoms with Crippen LogP contribution in [-0.4, -0.2) is 32.6 Å². The molecule has 5 N–H and O–H groups in total. The van der Waals surface area contributed by atoms with Gasteiger partial charge in [-0.05, 0) is 20.4 Å². The molecule has 0 radical (unpaired) electrons. The fourth-order valence-corrected chi connectivity index (χ4v) is 1.71. The van der Waals surface area contributed by atoms with Crippen molar-refractivity contribution < 1.29 is 5.11 Å². The molecule has 0 amide bonds. The van der Waals surface area contributed by atoms with E-state index in [2.05, 4.69) is 16.6 Å². The Balaban J connectivity index is 4.65. The Labute approximate surface area is 115 Å². The average molecular weight is 351 g/mol. The summed E-state index contributed by atoms with van der Waals surface area (Å²) >= 11 is 1.95. The number of halogens is 1. The minimum atomic E-state index is 0.0235. The number of nitrogens with zero attached hydrogens (tertiary/aromatic N) is 3. The van der Waals surface area contributed by atoms with Crippen LogP contribution in [0.5, 0.6) is 0 Å². The molecule has 7 heteroatoms. The number of aliphatic imine (C=N–C) groups is 2. The van der Waals surface area contributed by atoms with Gasteiger partial charge in [-0.3, -0.25) is 0 Å². The second-order valence-corrected chi connectivity index (χ2v) is 4.21. The van der Waals surface area contributed by atoms with E-state index in [0.717, 1.165) is 5.71 Å². The first-order valence-corrected chi connectivity index (χ1v) is 6.07. The molecule has 0 atom stereocenters. The maximum Gasteiger partial charge on any atom is 0.192 e. The topological polar surface area (TPSA) is 100 Å². The monoisotopic (exact) mass is 351 g/mol. The second-order valence-electron chi connectivity index (χ2n) is 3.25. The van der Waals surface area contributed by atoms with E-state index >= 15 is 0 Å². The lowest BCUT2D eigenvalue weighted by Gasteiger charge is -2.20. The van der Waals surface area contributed by atoms with Crippen LogP contribution in [0.15, 0.2) is 34.5 Å². The zero-order valence-corrected chi connectivity index (χ0v) is 12.2. The van der Waals surface area contributed by atoms with E-state index in [0.29, 0.717) is 16.9 Å². The van der Waals surface area contributed by atoms with Crippen LogP contribution in [0.1, 0.15) is 13.8 Å². The molecule has 0 heterocycles. The smallest absolute Gasteiger partial charge is 0.192 e. The molecule has 0 saturated carbocycles. The highest BCUT2D eigenvalue weighted by atomic mass is 127. The summed E-state index contributed by atoms with van der Waals surface area (Å²) in [5.74, 6) is 0.236. The average Bonchev–Trinajstić information content (AvgIpc) is 2.24. The van der Waals surface area contributed by atoms with Crippen LogP contribution < -0.4 is 11.5 Å². The quantitative estimate of drug-likeness (QED) is 0.229. The highest BCUT2D eigenvalue weighted by molar-refractivity contribution is 14.1. The molecule has 0 saturated heterocycles. The van der Waals surface area contributed by atoms with Gasteiger partial charge in [0.05, 0.1) is 6.54 Å². The van der Waals surface area contributed by atoms with E-state index in [1.807, 2.05) is 36.4 Å². The molecule has 0 aromatic carbocycles. The Bertz CT molecular complexity index is 362. The summed E-state index contributed by atoms with van der Waals surface area (Å²) in [6.07, 6.45) is 1.21. The standard InChI is InChI=1S/C10H18IN5O/c1-4-16(8(3)17)6-7(2)14-10(11)15-9(13)5-12/h5,17H,3-4,6,12-13H2,1-2H3/b9-5+,14-7+,15-10-. The summed E-state index contributed by atoms with van der Waals surface area (Å²) in [6.45, 7) is 8.36. The van der Waals surface area contributed by atoms with Crippen LogP contribution >= 0.6 is 22.6 Å². The van der Waals surface area contributed by atoms with Crippen LogP contribution in [0.2, 0.25) is 0 Å². The van der Waals surface area contributed by atoms with Gasteiger partial charge in [0.1, 0.15) is 5.82 Å². The van der Waals surface area contributed by atoms with Gasteiger partial charge < -0.3 is 21.5 Å². The van der Waals surface area contributed by atoms with Gasteiger partial charge in [-0.1, -0.05) is 0 Å². The number of amidine groups is 1. The van der Waals surface area contributed by atoms with Crippen molar-refractivity contribution in [3.63, 3.8) is 0 Å². The van der Waals surface area contributed by atoms with Gasteiger partial charge >= 0.3 is 0 Å². The Morgan fingerprint density at radius 3 is 2.53 bits per heavy atom. The zero-order chi connectivity index (χ0) is 13.4. The molecule has 0 rings (SSSR count). The molecule has 0 bridgehead atoms. The fourth-order valence-electron chi connectivity index (χ4n) is 1.02. The number of aliphatic hydroxyl groups excluding tert-OH is 1. The van der Waals surface area contributed by atoms with Gasteiger partial charge in [0.25, 0.3) is 0 Å². The third kappa shape index (κ3) is 6.82. The molecule has 6 nitrogen and oxygen atoms in total. The lowest BCUT2D eigenvalue weighted by molar-refractivity contribution is 0.230.